The quantitative estimate of drug-likeness (QED) is 0.691. The lowest BCUT2D eigenvalue weighted by Crippen LogP contribution is -2.47. The maximum Gasteiger partial charge on any atom is 0.255 e. The fraction of sp³-hybridized carbons (Fsp3) is 0.435. The van der Waals surface area contributed by atoms with Crippen LogP contribution in [0.15, 0.2) is 44.5 Å². The van der Waals surface area contributed by atoms with Gasteiger partial charge in [-0.25, -0.2) is 4.98 Å². The molecule has 2 aliphatic rings. The van der Waals surface area contributed by atoms with Crippen molar-refractivity contribution in [2.45, 2.75) is 45.6 Å². The lowest BCUT2D eigenvalue weighted by Gasteiger charge is -2.36. The molecule has 5 rings (SSSR count). The third-order valence-corrected chi connectivity index (χ3v) is 6.00. The minimum Gasteiger partial charge on any atom is -0.464 e. The number of para-hydroxylation sites is 1. The van der Waals surface area contributed by atoms with Gasteiger partial charge in [0.2, 0.25) is 5.95 Å². The van der Waals surface area contributed by atoms with Gasteiger partial charge in [-0.2, -0.15) is 0 Å². The molecule has 162 valence electrons. The minimum atomic E-state index is -0.0725. The Labute approximate surface area is 179 Å². The fourth-order valence-corrected chi connectivity index (χ4v) is 4.58. The van der Waals surface area contributed by atoms with Gasteiger partial charge in [0.25, 0.3) is 5.56 Å². The molecule has 1 aromatic carbocycles. The Kier molecular flexibility index (Phi) is 5.11. The number of hydrogen-bond donors (Lipinski definition) is 1. The van der Waals surface area contributed by atoms with Crippen LogP contribution < -0.4 is 15.9 Å². The monoisotopic (exact) mass is 422 g/mol. The average molecular weight is 422 g/mol. The van der Waals surface area contributed by atoms with E-state index >= 15 is 0 Å². The van der Waals surface area contributed by atoms with Gasteiger partial charge in [-0.05, 0) is 32.4 Å². The number of aromatic amines is 1. The Morgan fingerprint density at radius 1 is 1.16 bits per heavy atom. The van der Waals surface area contributed by atoms with E-state index in [4.69, 9.17) is 14.1 Å². The molecule has 8 nitrogen and oxygen atoms in total. The fourth-order valence-electron chi connectivity index (χ4n) is 4.58. The van der Waals surface area contributed by atoms with Crippen LogP contribution >= 0.6 is 0 Å². The van der Waals surface area contributed by atoms with Gasteiger partial charge in [0.05, 0.1) is 29.6 Å². The van der Waals surface area contributed by atoms with Crippen LogP contribution in [0.4, 0.5) is 5.95 Å². The number of aromatic nitrogens is 2. The zero-order valence-electron chi connectivity index (χ0n) is 17.8. The molecule has 0 amide bonds. The van der Waals surface area contributed by atoms with Crippen molar-refractivity contribution in [2.75, 3.05) is 24.5 Å². The van der Waals surface area contributed by atoms with E-state index in [0.29, 0.717) is 61.6 Å². The van der Waals surface area contributed by atoms with Gasteiger partial charge < -0.3 is 14.1 Å². The summed E-state index contributed by atoms with van der Waals surface area (Å²) < 4.78 is 11.5. The first-order valence-electron chi connectivity index (χ1n) is 10.7. The van der Waals surface area contributed by atoms with Crippen molar-refractivity contribution >= 4 is 16.9 Å². The van der Waals surface area contributed by atoms with Crippen molar-refractivity contribution in [3.63, 3.8) is 0 Å². The van der Waals surface area contributed by atoms with Gasteiger partial charge in [0.1, 0.15) is 5.58 Å². The maximum atomic E-state index is 12.8. The number of anilines is 1. The number of fused-ring (bicyclic) bond motifs is 2. The normalized spacial score (nSPS) is 21.9. The van der Waals surface area contributed by atoms with Crippen LogP contribution in [0.2, 0.25) is 0 Å². The van der Waals surface area contributed by atoms with E-state index < -0.39 is 0 Å². The molecule has 0 bridgehead atoms. The summed E-state index contributed by atoms with van der Waals surface area (Å²) in [4.78, 5) is 37.6. The minimum absolute atomic E-state index is 0.0107. The lowest BCUT2D eigenvalue weighted by molar-refractivity contribution is -0.00576. The summed E-state index contributed by atoms with van der Waals surface area (Å²) in [5.74, 6) is 0.595. The molecule has 2 aromatic heterocycles. The predicted molar refractivity (Wildman–Crippen MR) is 117 cm³/mol. The predicted octanol–water partition coefficient (Wildman–Crippen LogP) is 2.05. The lowest BCUT2D eigenvalue weighted by atomic mass is 10.1. The highest BCUT2D eigenvalue weighted by atomic mass is 16.5. The molecule has 2 unspecified atom stereocenters. The molecule has 31 heavy (non-hydrogen) atoms. The van der Waals surface area contributed by atoms with Crippen molar-refractivity contribution in [1.82, 2.24) is 14.9 Å². The number of nitrogens with one attached hydrogen (secondary N) is 1. The second-order valence-corrected chi connectivity index (χ2v) is 8.52. The largest absolute Gasteiger partial charge is 0.464 e. The summed E-state index contributed by atoms with van der Waals surface area (Å²) in [5.41, 5.74) is 2.64. The van der Waals surface area contributed by atoms with Crippen molar-refractivity contribution in [3.05, 3.63) is 67.9 Å². The highest BCUT2D eigenvalue weighted by Crippen LogP contribution is 2.21. The molecule has 0 radical (unpaired) electrons. The van der Waals surface area contributed by atoms with E-state index in [1.807, 2.05) is 26.0 Å². The molecule has 1 saturated heterocycles. The van der Waals surface area contributed by atoms with Crippen molar-refractivity contribution in [2.24, 2.45) is 0 Å². The third-order valence-electron chi connectivity index (χ3n) is 6.00. The first-order valence-corrected chi connectivity index (χ1v) is 10.7. The van der Waals surface area contributed by atoms with E-state index in [9.17, 15) is 9.59 Å². The van der Waals surface area contributed by atoms with Crippen molar-refractivity contribution in [1.29, 1.82) is 0 Å². The number of morpholine rings is 1. The highest BCUT2D eigenvalue weighted by molar-refractivity contribution is 5.76. The Bertz CT molecular complexity index is 1220. The molecule has 0 aliphatic carbocycles. The van der Waals surface area contributed by atoms with Gasteiger partial charge in [0.15, 0.2) is 5.43 Å². The maximum absolute atomic E-state index is 12.8. The smallest absolute Gasteiger partial charge is 0.255 e. The summed E-state index contributed by atoms with van der Waals surface area (Å²) in [6, 6.07) is 7.27. The Morgan fingerprint density at radius 3 is 2.74 bits per heavy atom. The zero-order chi connectivity index (χ0) is 21.5. The number of nitrogens with zero attached hydrogens (tertiary/aromatic N) is 3. The molecule has 1 N–H and O–H groups in total. The molecule has 3 aromatic rings. The van der Waals surface area contributed by atoms with Gasteiger partial charge in [0, 0.05) is 43.9 Å². The highest BCUT2D eigenvalue weighted by Gasteiger charge is 2.27. The second-order valence-electron chi connectivity index (χ2n) is 8.52. The number of H-pyrrole nitrogens is 1. The molecule has 0 saturated carbocycles. The van der Waals surface area contributed by atoms with Gasteiger partial charge >= 0.3 is 0 Å². The topological polar surface area (TPSA) is 91.7 Å². The summed E-state index contributed by atoms with van der Waals surface area (Å²) in [6.45, 7) is 7.10. The first-order chi connectivity index (χ1) is 15.0. The van der Waals surface area contributed by atoms with Crippen LogP contribution in [0.3, 0.4) is 0 Å². The zero-order valence-corrected chi connectivity index (χ0v) is 17.8. The number of rotatable bonds is 3. The van der Waals surface area contributed by atoms with Gasteiger partial charge in [-0.3, -0.25) is 19.5 Å². The SMILES string of the molecule is CC1CN(c2nc3c(c(=O)[nH]2)CCN(Cc2coc4ccccc4c2=O)C3)CC(C)O1. The Balaban J connectivity index is 1.40. The molecular weight excluding hydrogens is 396 g/mol. The average Bonchev–Trinajstić information content (AvgIpc) is 2.75. The van der Waals surface area contributed by atoms with Gasteiger partial charge in [-0.15, -0.1) is 0 Å². The van der Waals surface area contributed by atoms with Crippen molar-refractivity contribution < 1.29 is 9.15 Å². The van der Waals surface area contributed by atoms with Crippen LogP contribution in [-0.2, 0) is 24.2 Å². The molecule has 2 atom stereocenters. The second kappa shape index (κ2) is 7.94. The van der Waals surface area contributed by atoms with Crippen LogP contribution in [0.5, 0.6) is 0 Å². The Morgan fingerprint density at radius 2 is 1.94 bits per heavy atom. The van der Waals surface area contributed by atoms with Crippen LogP contribution in [0, 0.1) is 0 Å². The molecule has 2 aliphatic heterocycles. The number of ether oxygens (including phenoxy) is 1. The number of benzene rings is 1. The molecular formula is C23H26N4O4. The van der Waals surface area contributed by atoms with E-state index in [0.717, 1.165) is 11.3 Å². The van der Waals surface area contributed by atoms with E-state index in [1.54, 1.807) is 18.4 Å². The summed E-state index contributed by atoms with van der Waals surface area (Å²) in [5, 5.41) is 0.588. The molecule has 4 heterocycles. The van der Waals surface area contributed by atoms with Crippen molar-refractivity contribution in [3.8, 4) is 0 Å². The van der Waals surface area contributed by atoms with Crippen LogP contribution in [0.25, 0.3) is 11.0 Å². The standard InChI is InChI=1S/C23H26N4O4/c1-14-9-27(10-15(2)31-14)23-24-19-12-26(8-7-17(19)22(29)25-23)11-16-13-30-20-6-4-3-5-18(20)21(16)28/h3-6,13-15H,7-12H2,1-2H3,(H,24,25,29). The van der Waals surface area contributed by atoms with Gasteiger partial charge in [-0.1, -0.05) is 12.1 Å². The third kappa shape index (κ3) is 3.88. The summed E-state index contributed by atoms with van der Waals surface area (Å²) in [7, 11) is 0. The Hall–Kier alpha value is -2.97. The van der Waals surface area contributed by atoms with E-state index in [-0.39, 0.29) is 23.2 Å². The molecule has 1 fully saturated rings. The molecule has 8 heteroatoms. The van der Waals surface area contributed by atoms with E-state index in [1.165, 1.54) is 0 Å². The molecule has 0 spiro atoms. The number of hydrogen-bond acceptors (Lipinski definition) is 7. The van der Waals surface area contributed by atoms with E-state index in [2.05, 4.69) is 14.8 Å². The van der Waals surface area contributed by atoms with Crippen LogP contribution in [-0.4, -0.2) is 46.7 Å². The summed E-state index contributed by atoms with van der Waals surface area (Å²) in [6.07, 6.45) is 2.31. The van der Waals surface area contributed by atoms with Crippen LogP contribution in [0.1, 0.15) is 30.7 Å². The summed E-state index contributed by atoms with van der Waals surface area (Å²) >= 11 is 0. The first kappa shape index (κ1) is 20.0.